The van der Waals surface area contributed by atoms with E-state index >= 15 is 0 Å². The second-order valence-electron chi connectivity index (χ2n) is 5.71. The first-order valence-corrected chi connectivity index (χ1v) is 7.89. The van der Waals surface area contributed by atoms with Gasteiger partial charge < -0.3 is 4.90 Å². The smallest absolute Gasteiger partial charge is 0.271 e. The summed E-state index contributed by atoms with van der Waals surface area (Å²) >= 11 is 5.28. The Morgan fingerprint density at radius 3 is 2.50 bits per heavy atom. The second-order valence-corrected chi connectivity index (χ2v) is 6.10. The highest BCUT2D eigenvalue weighted by Gasteiger charge is 2.11. The van der Waals surface area contributed by atoms with Gasteiger partial charge in [0.15, 0.2) is 0 Å². The Labute approximate surface area is 145 Å². The standard InChI is InChI=1S/C16H19N7S/c1-11-9-12(2)22(20-11)15-18-19-16(24)23(15)17-10-13-5-7-14(8-6-13)21(3)4/h5-10H,1-4H3,(H,19,24)/b17-10-. The summed E-state index contributed by atoms with van der Waals surface area (Å²) in [7, 11) is 4.02. The number of nitrogens with one attached hydrogen (secondary N) is 1. The molecule has 0 amide bonds. The number of hydrogen-bond acceptors (Lipinski definition) is 5. The lowest BCUT2D eigenvalue weighted by atomic mass is 10.2. The minimum Gasteiger partial charge on any atom is -0.378 e. The first-order valence-electron chi connectivity index (χ1n) is 7.48. The van der Waals surface area contributed by atoms with Crippen molar-refractivity contribution in [3.63, 3.8) is 0 Å². The number of anilines is 1. The molecule has 1 N–H and O–H groups in total. The van der Waals surface area contributed by atoms with Crippen molar-refractivity contribution in [3.05, 3.63) is 52.1 Å². The van der Waals surface area contributed by atoms with Gasteiger partial charge in [-0.1, -0.05) is 12.1 Å². The SMILES string of the molecule is Cc1cc(C)n(-c2n[nH]c(=S)n2/N=C\c2ccc(N(C)C)cc2)n1. The van der Waals surface area contributed by atoms with Crippen molar-refractivity contribution in [1.82, 2.24) is 24.7 Å². The van der Waals surface area contributed by atoms with E-state index in [1.807, 2.05) is 63.2 Å². The third-order valence-corrected chi connectivity index (χ3v) is 3.83. The van der Waals surface area contributed by atoms with Crippen LogP contribution in [0.15, 0.2) is 35.4 Å². The highest BCUT2D eigenvalue weighted by Crippen LogP contribution is 2.12. The van der Waals surface area contributed by atoms with Gasteiger partial charge in [-0.15, -0.1) is 5.10 Å². The Morgan fingerprint density at radius 1 is 1.21 bits per heavy atom. The Hall–Kier alpha value is -2.74. The molecule has 0 spiro atoms. The Kier molecular flexibility index (Phi) is 4.30. The van der Waals surface area contributed by atoms with E-state index in [0.29, 0.717) is 10.7 Å². The normalized spacial score (nSPS) is 11.3. The fourth-order valence-corrected chi connectivity index (χ4v) is 2.51. The van der Waals surface area contributed by atoms with Crippen LogP contribution < -0.4 is 4.90 Å². The molecule has 0 saturated carbocycles. The molecular formula is C16H19N7S. The van der Waals surface area contributed by atoms with Crippen LogP contribution in [0.3, 0.4) is 0 Å². The molecule has 7 nitrogen and oxygen atoms in total. The van der Waals surface area contributed by atoms with Crippen molar-refractivity contribution in [3.8, 4) is 5.95 Å². The highest BCUT2D eigenvalue weighted by atomic mass is 32.1. The van der Waals surface area contributed by atoms with E-state index in [1.165, 1.54) is 0 Å². The second kappa shape index (κ2) is 6.40. The third kappa shape index (κ3) is 3.13. The van der Waals surface area contributed by atoms with Gasteiger partial charge in [0.25, 0.3) is 5.95 Å². The topological polar surface area (TPSA) is 67.0 Å². The molecule has 24 heavy (non-hydrogen) atoms. The van der Waals surface area contributed by atoms with E-state index < -0.39 is 0 Å². The van der Waals surface area contributed by atoms with Crippen molar-refractivity contribution in [1.29, 1.82) is 0 Å². The van der Waals surface area contributed by atoms with Crippen LogP contribution in [0.4, 0.5) is 5.69 Å². The number of aryl methyl sites for hydroxylation is 2. The lowest BCUT2D eigenvalue weighted by Crippen LogP contribution is -2.08. The number of H-pyrrole nitrogens is 1. The van der Waals surface area contributed by atoms with Crippen molar-refractivity contribution in [2.45, 2.75) is 13.8 Å². The van der Waals surface area contributed by atoms with Crippen LogP contribution in [0.2, 0.25) is 0 Å². The molecule has 3 aromatic rings. The van der Waals surface area contributed by atoms with Crippen LogP contribution in [-0.4, -0.2) is 45.0 Å². The molecule has 8 heteroatoms. The first kappa shape index (κ1) is 16.1. The third-order valence-electron chi connectivity index (χ3n) is 3.56. The van der Waals surface area contributed by atoms with E-state index in [0.717, 1.165) is 22.6 Å². The zero-order valence-electron chi connectivity index (χ0n) is 14.1. The quantitative estimate of drug-likeness (QED) is 0.585. The zero-order chi connectivity index (χ0) is 17.3. The molecule has 0 unspecified atom stereocenters. The molecule has 124 valence electrons. The molecule has 0 bridgehead atoms. The maximum Gasteiger partial charge on any atom is 0.271 e. The molecule has 0 aliphatic rings. The Bertz CT molecular complexity index is 928. The van der Waals surface area contributed by atoms with Gasteiger partial charge in [-0.2, -0.15) is 14.9 Å². The fourth-order valence-electron chi connectivity index (χ4n) is 2.34. The Morgan fingerprint density at radius 2 is 1.92 bits per heavy atom. The van der Waals surface area contributed by atoms with E-state index in [4.69, 9.17) is 12.2 Å². The van der Waals surface area contributed by atoms with Gasteiger partial charge in [0.1, 0.15) is 0 Å². The van der Waals surface area contributed by atoms with Crippen LogP contribution >= 0.6 is 12.2 Å². The number of benzene rings is 1. The average molecular weight is 341 g/mol. The van der Waals surface area contributed by atoms with Gasteiger partial charge in [0.05, 0.1) is 11.9 Å². The molecule has 0 atom stereocenters. The number of aromatic nitrogens is 5. The monoisotopic (exact) mass is 341 g/mol. The molecule has 0 saturated heterocycles. The van der Waals surface area contributed by atoms with Crippen LogP contribution in [-0.2, 0) is 0 Å². The maximum absolute atomic E-state index is 5.28. The van der Waals surface area contributed by atoms with Gasteiger partial charge in [0, 0.05) is 25.5 Å². The Balaban J connectivity index is 1.94. The number of rotatable bonds is 4. The van der Waals surface area contributed by atoms with Crippen molar-refractivity contribution in [2.75, 3.05) is 19.0 Å². The summed E-state index contributed by atoms with van der Waals surface area (Å²) in [5.74, 6) is 0.534. The number of nitrogens with zero attached hydrogens (tertiary/aromatic N) is 6. The molecular weight excluding hydrogens is 322 g/mol. The van der Waals surface area contributed by atoms with Gasteiger partial charge in [0.2, 0.25) is 4.77 Å². The van der Waals surface area contributed by atoms with Crippen molar-refractivity contribution < 1.29 is 0 Å². The van der Waals surface area contributed by atoms with Gasteiger partial charge in [-0.25, -0.2) is 9.78 Å². The minimum atomic E-state index is 0.415. The van der Waals surface area contributed by atoms with E-state index in [1.54, 1.807) is 15.6 Å². The molecule has 0 aliphatic carbocycles. The predicted octanol–water partition coefficient (Wildman–Crippen LogP) is 2.69. The van der Waals surface area contributed by atoms with Crippen LogP contribution in [0.25, 0.3) is 5.95 Å². The summed E-state index contributed by atoms with van der Waals surface area (Å²) in [5, 5.41) is 15.9. The van der Waals surface area contributed by atoms with Gasteiger partial charge in [-0.05, 0) is 49.8 Å². The minimum absolute atomic E-state index is 0.415. The molecule has 0 radical (unpaired) electrons. The van der Waals surface area contributed by atoms with Crippen LogP contribution in [0.5, 0.6) is 0 Å². The zero-order valence-corrected chi connectivity index (χ0v) is 14.9. The summed E-state index contributed by atoms with van der Waals surface area (Å²) in [4.78, 5) is 2.05. The molecule has 0 fully saturated rings. The fraction of sp³-hybridized carbons (Fsp3) is 0.250. The van der Waals surface area contributed by atoms with Crippen LogP contribution in [0.1, 0.15) is 17.0 Å². The van der Waals surface area contributed by atoms with Crippen molar-refractivity contribution >= 4 is 24.1 Å². The largest absolute Gasteiger partial charge is 0.378 e. The molecule has 2 aromatic heterocycles. The van der Waals surface area contributed by atoms with Crippen molar-refractivity contribution in [2.24, 2.45) is 5.10 Å². The maximum atomic E-state index is 5.28. The van der Waals surface area contributed by atoms with Gasteiger partial charge in [-0.3, -0.25) is 0 Å². The van der Waals surface area contributed by atoms with Crippen LogP contribution in [0, 0.1) is 18.6 Å². The highest BCUT2D eigenvalue weighted by molar-refractivity contribution is 7.71. The predicted molar refractivity (Wildman–Crippen MR) is 97.8 cm³/mol. The average Bonchev–Trinajstić information content (AvgIpc) is 3.07. The number of hydrogen-bond donors (Lipinski definition) is 1. The summed E-state index contributed by atoms with van der Waals surface area (Å²) < 4.78 is 3.70. The first-order chi connectivity index (χ1) is 11.5. The lowest BCUT2D eigenvalue weighted by molar-refractivity contribution is 0.714. The molecule has 1 aromatic carbocycles. The molecule has 2 heterocycles. The molecule has 0 aliphatic heterocycles. The number of aromatic amines is 1. The van der Waals surface area contributed by atoms with Gasteiger partial charge >= 0.3 is 0 Å². The van der Waals surface area contributed by atoms with E-state index in [9.17, 15) is 0 Å². The summed E-state index contributed by atoms with van der Waals surface area (Å²) in [6, 6.07) is 10.1. The van der Waals surface area contributed by atoms with E-state index in [-0.39, 0.29) is 0 Å². The summed E-state index contributed by atoms with van der Waals surface area (Å²) in [5.41, 5.74) is 3.99. The summed E-state index contributed by atoms with van der Waals surface area (Å²) in [6.07, 6.45) is 1.75. The lowest BCUT2D eigenvalue weighted by Gasteiger charge is -2.11. The summed E-state index contributed by atoms with van der Waals surface area (Å²) in [6.45, 7) is 3.90. The molecule has 3 rings (SSSR count). The van der Waals surface area contributed by atoms with E-state index in [2.05, 4.69) is 20.4 Å².